The second-order valence-corrected chi connectivity index (χ2v) is 9.23. The average Bonchev–Trinajstić information content (AvgIpc) is 3.30. The Bertz CT molecular complexity index is 1140. The number of aromatic amines is 1. The largest absolute Gasteiger partial charge is 0.354 e. The first kappa shape index (κ1) is 24.7. The van der Waals surface area contributed by atoms with Crippen molar-refractivity contribution < 1.29 is 0 Å². The third-order valence-corrected chi connectivity index (χ3v) is 6.43. The summed E-state index contributed by atoms with van der Waals surface area (Å²) >= 11 is 0. The summed E-state index contributed by atoms with van der Waals surface area (Å²) in [6, 6.07) is 10.6. The molecule has 1 fully saturated rings. The van der Waals surface area contributed by atoms with Gasteiger partial charge in [0.05, 0.1) is 5.69 Å². The van der Waals surface area contributed by atoms with E-state index in [1.165, 1.54) is 11.1 Å². The summed E-state index contributed by atoms with van der Waals surface area (Å²) in [5.41, 5.74) is 4.45. The maximum absolute atomic E-state index is 5.00. The molecule has 184 valence electrons. The Morgan fingerprint density at radius 1 is 1.09 bits per heavy atom. The maximum Gasteiger partial charge on any atom is 0.230 e. The first-order valence-electron chi connectivity index (χ1n) is 12.6. The Morgan fingerprint density at radius 3 is 2.69 bits per heavy atom. The van der Waals surface area contributed by atoms with E-state index in [1.807, 2.05) is 25.1 Å². The number of nitrogens with one attached hydrogen (secondary N) is 2. The summed E-state index contributed by atoms with van der Waals surface area (Å²) in [6.07, 6.45) is 12.4. The lowest BCUT2D eigenvalue weighted by Gasteiger charge is -2.34. The molecule has 0 radical (unpaired) electrons. The minimum atomic E-state index is 0.258. The molecule has 2 aromatic rings. The highest BCUT2D eigenvalue weighted by Crippen LogP contribution is 2.20. The van der Waals surface area contributed by atoms with E-state index in [0.29, 0.717) is 11.8 Å². The molecule has 4 rings (SSSR count). The number of guanidine groups is 1. The number of nitrogens with zero attached hydrogens (tertiary/aromatic N) is 5. The molecule has 0 aliphatic carbocycles. The fraction of sp³-hybridized carbons (Fsp3) is 0.393. The molecule has 0 spiro atoms. The lowest BCUT2D eigenvalue weighted by molar-refractivity contribution is 0.184. The van der Waals surface area contributed by atoms with Crippen molar-refractivity contribution >= 4 is 29.6 Å². The Hall–Kier alpha value is -3.45. The summed E-state index contributed by atoms with van der Waals surface area (Å²) in [4.78, 5) is 14.7. The van der Waals surface area contributed by atoms with E-state index in [2.05, 4.69) is 88.7 Å². The predicted molar refractivity (Wildman–Crippen MR) is 148 cm³/mol. The zero-order valence-electron chi connectivity index (χ0n) is 21.3. The zero-order valence-corrected chi connectivity index (χ0v) is 21.3. The van der Waals surface area contributed by atoms with E-state index in [4.69, 9.17) is 9.98 Å². The second-order valence-electron chi connectivity index (χ2n) is 9.23. The third-order valence-electron chi connectivity index (χ3n) is 6.43. The molecule has 1 atom stereocenters. The molecule has 0 amide bonds. The monoisotopic (exact) mass is 471 g/mol. The van der Waals surface area contributed by atoms with E-state index in [0.717, 1.165) is 56.2 Å². The van der Waals surface area contributed by atoms with Gasteiger partial charge in [0.15, 0.2) is 5.82 Å². The van der Waals surface area contributed by atoms with E-state index in [-0.39, 0.29) is 5.92 Å². The van der Waals surface area contributed by atoms with E-state index >= 15 is 0 Å². The molecule has 2 aliphatic heterocycles. The summed E-state index contributed by atoms with van der Waals surface area (Å²) in [5.74, 6) is 2.50. The Kier molecular flexibility index (Phi) is 8.32. The van der Waals surface area contributed by atoms with Crippen molar-refractivity contribution in [2.45, 2.75) is 33.6 Å². The summed E-state index contributed by atoms with van der Waals surface area (Å²) in [6.45, 7) is 10.4. The van der Waals surface area contributed by atoms with Crippen LogP contribution < -0.4 is 5.32 Å². The topological polar surface area (TPSA) is 71.9 Å². The minimum Gasteiger partial charge on any atom is -0.354 e. The number of hydrogen-bond donors (Lipinski definition) is 2. The van der Waals surface area contributed by atoms with Crippen LogP contribution >= 0.6 is 0 Å². The molecule has 0 bridgehead atoms. The van der Waals surface area contributed by atoms with Gasteiger partial charge in [0.25, 0.3) is 0 Å². The molecule has 7 nitrogen and oxygen atoms in total. The van der Waals surface area contributed by atoms with Gasteiger partial charge in [-0.25, -0.2) is 4.99 Å². The zero-order chi connectivity index (χ0) is 24.6. The number of aryl methyl sites for hydroxylation is 1. The highest BCUT2D eigenvalue weighted by molar-refractivity contribution is 6.09. The van der Waals surface area contributed by atoms with Crippen LogP contribution in [0.2, 0.25) is 0 Å². The molecule has 0 saturated carbocycles. The number of aliphatic imine (C=N–C) groups is 2. The van der Waals surface area contributed by atoms with Crippen molar-refractivity contribution in [2.75, 3.05) is 38.5 Å². The molecule has 35 heavy (non-hydrogen) atoms. The number of hydrogen-bond acceptors (Lipinski definition) is 6. The van der Waals surface area contributed by atoms with Gasteiger partial charge in [0.2, 0.25) is 5.96 Å². The van der Waals surface area contributed by atoms with E-state index in [1.54, 1.807) is 0 Å². The van der Waals surface area contributed by atoms with Gasteiger partial charge in [-0.1, -0.05) is 50.3 Å². The van der Waals surface area contributed by atoms with Crippen molar-refractivity contribution in [1.82, 2.24) is 20.0 Å². The quantitative estimate of drug-likeness (QED) is 0.618. The van der Waals surface area contributed by atoms with Gasteiger partial charge in [0, 0.05) is 43.9 Å². The molecule has 1 saturated heterocycles. The SMILES string of the molecule is C/C=C/c1cc(NC2=N/C(N3CCN(C)CC3)=C/CC(C)C(/C=C/c3cccc(CC)c3)=N2)n[nH]1. The highest BCUT2D eigenvalue weighted by atomic mass is 15.3. The van der Waals surface area contributed by atoms with Gasteiger partial charge in [-0.15, -0.1) is 0 Å². The van der Waals surface area contributed by atoms with Crippen LogP contribution in [0.5, 0.6) is 0 Å². The van der Waals surface area contributed by atoms with Crippen LogP contribution in [0.25, 0.3) is 12.2 Å². The number of rotatable bonds is 6. The molecule has 1 aromatic carbocycles. The molecule has 2 aliphatic rings. The number of piperazine rings is 1. The number of anilines is 1. The van der Waals surface area contributed by atoms with E-state index in [9.17, 15) is 0 Å². The van der Waals surface area contributed by atoms with Crippen molar-refractivity contribution in [3.8, 4) is 0 Å². The summed E-state index contributed by atoms with van der Waals surface area (Å²) in [7, 11) is 2.17. The fourth-order valence-electron chi connectivity index (χ4n) is 4.19. The normalized spacial score (nSPS) is 21.4. The van der Waals surface area contributed by atoms with Crippen LogP contribution in [0.4, 0.5) is 5.82 Å². The van der Waals surface area contributed by atoms with Crippen molar-refractivity contribution in [3.05, 3.63) is 71.2 Å². The lowest BCUT2D eigenvalue weighted by atomic mass is 9.99. The second kappa shape index (κ2) is 11.8. The number of benzene rings is 1. The van der Waals surface area contributed by atoms with Gasteiger partial charge in [-0.3, -0.25) is 5.10 Å². The van der Waals surface area contributed by atoms with Crippen LogP contribution in [0.3, 0.4) is 0 Å². The average molecular weight is 472 g/mol. The fourth-order valence-corrected chi connectivity index (χ4v) is 4.19. The molecule has 1 aromatic heterocycles. The smallest absolute Gasteiger partial charge is 0.230 e. The molecular weight excluding hydrogens is 434 g/mol. The molecule has 1 unspecified atom stereocenters. The molecule has 7 heteroatoms. The minimum absolute atomic E-state index is 0.258. The van der Waals surface area contributed by atoms with Crippen LogP contribution in [-0.4, -0.2) is 64.9 Å². The third kappa shape index (κ3) is 6.79. The van der Waals surface area contributed by atoms with Crippen LogP contribution in [-0.2, 0) is 6.42 Å². The number of allylic oxidation sites excluding steroid dienone is 3. The molecule has 3 heterocycles. The first-order valence-corrected chi connectivity index (χ1v) is 12.6. The summed E-state index contributed by atoms with van der Waals surface area (Å²) in [5, 5.41) is 10.8. The van der Waals surface area contributed by atoms with Gasteiger partial charge in [0.1, 0.15) is 5.82 Å². The first-order chi connectivity index (χ1) is 17.0. The van der Waals surface area contributed by atoms with Crippen LogP contribution in [0, 0.1) is 5.92 Å². The van der Waals surface area contributed by atoms with Crippen molar-refractivity contribution in [2.24, 2.45) is 15.9 Å². The van der Waals surface area contributed by atoms with Crippen molar-refractivity contribution in [1.29, 1.82) is 0 Å². The van der Waals surface area contributed by atoms with Crippen molar-refractivity contribution in [3.63, 3.8) is 0 Å². The Labute approximate surface area is 209 Å². The number of likely N-dealkylation sites (N-methyl/N-ethyl adjacent to an activating group) is 1. The van der Waals surface area contributed by atoms with Crippen LogP contribution in [0.15, 0.2) is 64.4 Å². The molecule has 2 N–H and O–H groups in total. The Balaban J connectivity index is 1.64. The number of H-pyrrole nitrogens is 1. The van der Waals surface area contributed by atoms with Crippen LogP contribution in [0.1, 0.15) is 44.0 Å². The Morgan fingerprint density at radius 2 is 1.91 bits per heavy atom. The predicted octanol–water partition coefficient (Wildman–Crippen LogP) is 5.06. The standard InChI is InChI=1S/C28H37N7/c1-5-8-24-20-26(33-32-24)30-28-29-25(13-12-23-10-7-9-22(6-2)19-23)21(3)11-14-27(31-28)35-17-15-34(4)16-18-35/h5,7-10,12-14,19-21H,6,11,15-18H2,1-4H3,(H2,30,31,32,33)/b8-5+,13-12+,27-14-,29-25?. The van der Waals surface area contributed by atoms with Gasteiger partial charge < -0.3 is 15.1 Å². The van der Waals surface area contributed by atoms with Gasteiger partial charge >= 0.3 is 0 Å². The van der Waals surface area contributed by atoms with Gasteiger partial charge in [-0.2, -0.15) is 10.1 Å². The molecular formula is C28H37N7. The highest BCUT2D eigenvalue weighted by Gasteiger charge is 2.20. The lowest BCUT2D eigenvalue weighted by Crippen LogP contribution is -2.43. The summed E-state index contributed by atoms with van der Waals surface area (Å²) < 4.78 is 0. The van der Waals surface area contributed by atoms with Gasteiger partial charge in [-0.05, 0) is 56.2 Å². The maximum atomic E-state index is 5.00. The number of aromatic nitrogens is 2. The van der Waals surface area contributed by atoms with E-state index < -0.39 is 0 Å².